The lowest BCUT2D eigenvalue weighted by Crippen LogP contribution is -2.26. The van der Waals surface area contributed by atoms with Crippen LogP contribution in [0.4, 0.5) is 5.82 Å². The van der Waals surface area contributed by atoms with E-state index in [0.29, 0.717) is 5.02 Å². The van der Waals surface area contributed by atoms with Crippen LogP contribution in [0.25, 0.3) is 0 Å². The zero-order valence-corrected chi connectivity index (χ0v) is 8.25. The summed E-state index contributed by atoms with van der Waals surface area (Å²) in [6.07, 6.45) is 1.53. The minimum atomic E-state index is -0.0563. The van der Waals surface area contributed by atoms with Crippen molar-refractivity contribution in [3.8, 4) is 0 Å². The third-order valence-corrected chi connectivity index (χ3v) is 1.83. The van der Waals surface area contributed by atoms with E-state index in [-0.39, 0.29) is 18.3 Å². The van der Waals surface area contributed by atoms with Crippen LogP contribution in [0.1, 0.15) is 0 Å². The summed E-state index contributed by atoms with van der Waals surface area (Å²) in [7, 11) is 3.35. The highest BCUT2D eigenvalue weighted by Crippen LogP contribution is 2.14. The maximum absolute atomic E-state index is 11.2. The first-order valence-corrected chi connectivity index (χ1v) is 4.07. The van der Waals surface area contributed by atoms with E-state index in [0.717, 1.165) is 0 Å². The number of hydrogen-bond donors (Lipinski definition) is 1. The van der Waals surface area contributed by atoms with Crippen molar-refractivity contribution in [1.82, 2.24) is 14.7 Å². The van der Waals surface area contributed by atoms with Gasteiger partial charge in [-0.2, -0.15) is 5.10 Å². The predicted octanol–water partition coefficient (Wildman–Crippen LogP) is 0.207. The third-order valence-electron chi connectivity index (χ3n) is 1.54. The highest BCUT2D eigenvalue weighted by Gasteiger charge is 2.08. The van der Waals surface area contributed by atoms with Crippen molar-refractivity contribution >= 4 is 23.3 Å². The number of carbonyl (C=O) groups is 1. The number of hydrogen-bond acceptors (Lipinski definition) is 3. The van der Waals surface area contributed by atoms with E-state index in [1.165, 1.54) is 15.8 Å². The largest absolute Gasteiger partial charge is 0.381 e. The number of halogens is 1. The molecule has 0 aliphatic carbocycles. The summed E-state index contributed by atoms with van der Waals surface area (Å²) >= 11 is 5.66. The average molecular weight is 203 g/mol. The Morgan fingerprint density at radius 1 is 1.77 bits per heavy atom. The summed E-state index contributed by atoms with van der Waals surface area (Å²) in [6.45, 7) is 0.157. The monoisotopic (exact) mass is 202 g/mol. The fraction of sp³-hybridized carbons (Fsp3) is 0.429. The minimum Gasteiger partial charge on any atom is -0.381 e. The Bertz CT molecular complexity index is 301. The smallest absolute Gasteiger partial charge is 0.243 e. The van der Waals surface area contributed by atoms with Crippen molar-refractivity contribution in [2.24, 2.45) is 0 Å². The van der Waals surface area contributed by atoms with Crippen molar-refractivity contribution in [1.29, 1.82) is 0 Å². The summed E-state index contributed by atoms with van der Waals surface area (Å²) in [5.41, 5.74) is 5.40. The van der Waals surface area contributed by atoms with E-state index in [9.17, 15) is 4.79 Å². The van der Waals surface area contributed by atoms with Gasteiger partial charge in [0.15, 0.2) is 5.82 Å². The molecule has 13 heavy (non-hydrogen) atoms. The molecule has 1 aromatic heterocycles. The van der Waals surface area contributed by atoms with Gasteiger partial charge in [0.1, 0.15) is 11.6 Å². The van der Waals surface area contributed by atoms with Crippen molar-refractivity contribution in [2.75, 3.05) is 19.8 Å². The summed E-state index contributed by atoms with van der Waals surface area (Å²) in [6, 6.07) is 0. The molecule has 6 heteroatoms. The quantitative estimate of drug-likeness (QED) is 0.746. The minimum absolute atomic E-state index is 0.0563. The Balaban J connectivity index is 2.70. The molecule has 0 aliphatic rings. The first-order chi connectivity index (χ1) is 6.00. The maximum Gasteiger partial charge on any atom is 0.243 e. The molecule has 72 valence electrons. The van der Waals surface area contributed by atoms with E-state index in [2.05, 4.69) is 5.10 Å². The van der Waals surface area contributed by atoms with E-state index >= 15 is 0 Å². The molecule has 1 rings (SSSR count). The van der Waals surface area contributed by atoms with Crippen LogP contribution in [-0.4, -0.2) is 34.7 Å². The Kier molecular flexibility index (Phi) is 2.77. The summed E-state index contributed by atoms with van der Waals surface area (Å²) in [4.78, 5) is 12.7. The number of nitrogens with zero attached hydrogens (tertiary/aromatic N) is 3. The van der Waals surface area contributed by atoms with Crippen LogP contribution in [0.2, 0.25) is 5.02 Å². The van der Waals surface area contributed by atoms with Crippen molar-refractivity contribution in [2.45, 2.75) is 6.54 Å². The number of likely N-dealkylation sites (N-methyl/N-ethyl adjacent to an activating group) is 1. The molecule has 0 aromatic carbocycles. The average Bonchev–Trinajstić information content (AvgIpc) is 2.31. The lowest BCUT2D eigenvalue weighted by Gasteiger charge is -2.09. The number of nitrogen functional groups attached to an aromatic ring is 1. The van der Waals surface area contributed by atoms with Gasteiger partial charge in [0.25, 0.3) is 0 Å². The summed E-state index contributed by atoms with van der Waals surface area (Å²) in [5, 5.41) is 4.21. The molecule has 0 atom stereocenters. The fourth-order valence-electron chi connectivity index (χ4n) is 0.773. The van der Waals surface area contributed by atoms with Gasteiger partial charge in [-0.15, -0.1) is 0 Å². The number of rotatable bonds is 2. The lowest BCUT2D eigenvalue weighted by molar-refractivity contribution is -0.129. The molecule has 0 unspecified atom stereocenters. The van der Waals surface area contributed by atoms with E-state index in [4.69, 9.17) is 17.3 Å². The zero-order chi connectivity index (χ0) is 10.0. The zero-order valence-electron chi connectivity index (χ0n) is 7.49. The number of amides is 1. The van der Waals surface area contributed by atoms with Gasteiger partial charge >= 0.3 is 0 Å². The maximum atomic E-state index is 11.2. The van der Waals surface area contributed by atoms with E-state index in [1.54, 1.807) is 14.1 Å². The van der Waals surface area contributed by atoms with Gasteiger partial charge in [-0.1, -0.05) is 11.6 Å². The molecule has 0 spiro atoms. The first-order valence-electron chi connectivity index (χ1n) is 3.69. The molecule has 0 bridgehead atoms. The van der Waals surface area contributed by atoms with Crippen LogP contribution in [0.3, 0.4) is 0 Å². The van der Waals surface area contributed by atoms with Crippen LogP contribution in [0.15, 0.2) is 6.20 Å². The molecule has 1 heterocycles. The number of anilines is 1. The van der Waals surface area contributed by atoms with Gasteiger partial charge in [0.2, 0.25) is 5.91 Å². The number of nitrogens with two attached hydrogens (primary N) is 1. The van der Waals surface area contributed by atoms with Gasteiger partial charge in [0.05, 0.1) is 0 Å². The number of carbonyl (C=O) groups excluding carboxylic acids is 1. The molecular formula is C7H11ClN4O. The topological polar surface area (TPSA) is 64.2 Å². The molecule has 1 aromatic rings. The first kappa shape index (κ1) is 9.85. The van der Waals surface area contributed by atoms with Crippen LogP contribution in [0, 0.1) is 0 Å². The molecule has 0 fully saturated rings. The molecule has 2 N–H and O–H groups in total. The fourth-order valence-corrected chi connectivity index (χ4v) is 0.923. The van der Waals surface area contributed by atoms with Crippen molar-refractivity contribution < 1.29 is 4.79 Å². The number of aromatic nitrogens is 2. The van der Waals surface area contributed by atoms with Gasteiger partial charge in [-0.25, -0.2) is 0 Å². The predicted molar refractivity (Wildman–Crippen MR) is 50.3 cm³/mol. The Hall–Kier alpha value is -1.23. The van der Waals surface area contributed by atoms with Crippen LogP contribution >= 0.6 is 11.6 Å². The molecule has 5 nitrogen and oxygen atoms in total. The van der Waals surface area contributed by atoms with Gasteiger partial charge in [-0.05, 0) is 0 Å². The van der Waals surface area contributed by atoms with Gasteiger partial charge in [-0.3, -0.25) is 9.48 Å². The lowest BCUT2D eigenvalue weighted by atomic mass is 10.5. The highest BCUT2D eigenvalue weighted by atomic mass is 35.5. The summed E-state index contributed by atoms with van der Waals surface area (Å²) < 4.78 is 1.42. The third kappa shape index (κ3) is 2.35. The molecule has 0 aliphatic heterocycles. The normalized spacial score (nSPS) is 10.1. The van der Waals surface area contributed by atoms with Gasteiger partial charge in [0, 0.05) is 20.3 Å². The molecule has 0 saturated carbocycles. The highest BCUT2D eigenvalue weighted by molar-refractivity contribution is 6.32. The van der Waals surface area contributed by atoms with Crippen LogP contribution in [0.5, 0.6) is 0 Å². The van der Waals surface area contributed by atoms with Crippen molar-refractivity contribution in [3.05, 3.63) is 11.2 Å². The van der Waals surface area contributed by atoms with Crippen molar-refractivity contribution in [3.63, 3.8) is 0 Å². The second kappa shape index (κ2) is 3.66. The SMILES string of the molecule is CN(C)C(=O)Cn1cc(Cl)c(N)n1. The molecule has 1 amide bonds. The molecule has 0 radical (unpaired) electrons. The summed E-state index contributed by atoms with van der Waals surface area (Å²) in [5.74, 6) is 0.187. The molecule has 0 saturated heterocycles. The van der Waals surface area contributed by atoms with E-state index < -0.39 is 0 Å². The van der Waals surface area contributed by atoms with Crippen LogP contribution < -0.4 is 5.73 Å². The van der Waals surface area contributed by atoms with Gasteiger partial charge < -0.3 is 10.6 Å². The molecular weight excluding hydrogens is 192 g/mol. The second-order valence-corrected chi connectivity index (χ2v) is 3.26. The Morgan fingerprint density at radius 2 is 2.38 bits per heavy atom. The Morgan fingerprint density at radius 3 is 2.77 bits per heavy atom. The Labute approximate surface area is 81.1 Å². The standard InChI is InChI=1S/C7H11ClN4O/c1-11(2)6(13)4-12-3-5(8)7(9)10-12/h3H,4H2,1-2H3,(H2,9,10). The van der Waals surface area contributed by atoms with E-state index in [1.807, 2.05) is 0 Å². The second-order valence-electron chi connectivity index (χ2n) is 2.85. The van der Waals surface area contributed by atoms with Crippen LogP contribution in [-0.2, 0) is 11.3 Å².